The highest BCUT2D eigenvalue weighted by atomic mass is 16.5. The van der Waals surface area contributed by atoms with Crippen molar-refractivity contribution < 1.29 is 19.1 Å². The molecule has 202 valence electrons. The van der Waals surface area contributed by atoms with Crippen LogP contribution < -0.4 is 0 Å². The highest BCUT2D eigenvalue weighted by Gasteiger charge is 2.63. The van der Waals surface area contributed by atoms with E-state index in [0.717, 1.165) is 25.7 Å². The van der Waals surface area contributed by atoms with Crippen LogP contribution in [0.1, 0.15) is 91.5 Å². The third kappa shape index (κ3) is 4.90. The van der Waals surface area contributed by atoms with Crippen molar-refractivity contribution in [3.63, 3.8) is 0 Å². The first kappa shape index (κ1) is 26.5. The molecule has 0 N–H and O–H groups in total. The number of carbonyl (C=O) groups is 2. The summed E-state index contributed by atoms with van der Waals surface area (Å²) in [6.45, 7) is 10.5. The van der Waals surface area contributed by atoms with Gasteiger partial charge < -0.3 is 9.47 Å². The van der Waals surface area contributed by atoms with Crippen molar-refractivity contribution in [2.75, 3.05) is 0 Å². The molecule has 5 rings (SSSR count). The zero-order valence-corrected chi connectivity index (χ0v) is 23.5. The van der Waals surface area contributed by atoms with Gasteiger partial charge >= 0.3 is 11.9 Å². The minimum atomic E-state index is -0.202. The first-order chi connectivity index (χ1) is 17.6. The van der Waals surface area contributed by atoms with Crippen molar-refractivity contribution in [3.8, 4) is 0 Å². The van der Waals surface area contributed by atoms with Crippen LogP contribution in [-0.2, 0) is 19.1 Å². The number of allylic oxidation sites excluding steroid dienone is 1. The van der Waals surface area contributed by atoms with E-state index >= 15 is 0 Å². The molecule has 0 spiro atoms. The van der Waals surface area contributed by atoms with Gasteiger partial charge in [0.15, 0.2) is 0 Å². The Labute approximate surface area is 223 Å². The van der Waals surface area contributed by atoms with Crippen LogP contribution in [0.3, 0.4) is 0 Å². The maximum Gasteiger partial charge on any atom is 0.302 e. The van der Waals surface area contributed by atoms with E-state index in [1.165, 1.54) is 38.2 Å². The molecule has 4 heteroatoms. The fourth-order valence-corrected chi connectivity index (χ4v) is 9.78. The number of hydrogen-bond donors (Lipinski definition) is 0. The van der Waals surface area contributed by atoms with E-state index in [0.29, 0.717) is 35.0 Å². The first-order valence-corrected chi connectivity index (χ1v) is 14.7. The third-order valence-electron chi connectivity index (χ3n) is 11.4. The molecule has 1 aromatic carbocycles. The van der Waals surface area contributed by atoms with Gasteiger partial charge in [0.2, 0.25) is 0 Å². The van der Waals surface area contributed by atoms with Crippen LogP contribution in [0.4, 0.5) is 0 Å². The molecule has 0 radical (unpaired) electrons. The molecule has 4 saturated carbocycles. The van der Waals surface area contributed by atoms with Crippen molar-refractivity contribution in [2.45, 2.75) is 98.2 Å². The Morgan fingerprint density at radius 1 is 0.865 bits per heavy atom. The van der Waals surface area contributed by atoms with E-state index in [-0.39, 0.29) is 35.5 Å². The van der Waals surface area contributed by atoms with Crippen LogP contribution in [0.5, 0.6) is 0 Å². The first-order valence-electron chi connectivity index (χ1n) is 14.7. The van der Waals surface area contributed by atoms with E-state index in [4.69, 9.17) is 9.47 Å². The number of ether oxygens (including phenoxy) is 2. The molecule has 0 unspecified atom stereocenters. The van der Waals surface area contributed by atoms with Crippen molar-refractivity contribution in [1.29, 1.82) is 0 Å². The molecule has 0 aliphatic heterocycles. The molecular formula is C33H46O4. The highest BCUT2D eigenvalue weighted by Crippen LogP contribution is 2.68. The predicted octanol–water partition coefficient (Wildman–Crippen LogP) is 7.47. The Kier molecular flexibility index (Phi) is 7.33. The number of fused-ring (bicyclic) bond motifs is 5. The highest BCUT2D eigenvalue weighted by molar-refractivity contribution is 5.66. The smallest absolute Gasteiger partial charge is 0.302 e. The monoisotopic (exact) mass is 506 g/mol. The summed E-state index contributed by atoms with van der Waals surface area (Å²) in [5, 5.41) is 0. The van der Waals surface area contributed by atoms with Gasteiger partial charge in [0.1, 0.15) is 12.2 Å². The normalized spacial score (nSPS) is 41.8. The van der Waals surface area contributed by atoms with Crippen molar-refractivity contribution in [2.24, 2.45) is 46.3 Å². The Bertz CT molecular complexity index is 1020. The quantitative estimate of drug-likeness (QED) is 0.389. The lowest BCUT2D eigenvalue weighted by atomic mass is 9.43. The van der Waals surface area contributed by atoms with Crippen molar-refractivity contribution in [3.05, 3.63) is 42.0 Å². The van der Waals surface area contributed by atoms with Gasteiger partial charge in [0, 0.05) is 19.8 Å². The summed E-state index contributed by atoms with van der Waals surface area (Å²) in [6.07, 6.45) is 13.5. The second kappa shape index (κ2) is 10.2. The average Bonchev–Trinajstić information content (AvgIpc) is 3.21. The fourth-order valence-electron chi connectivity index (χ4n) is 9.78. The molecule has 10 atom stereocenters. The molecule has 4 nitrogen and oxygen atoms in total. The Morgan fingerprint density at radius 2 is 1.54 bits per heavy atom. The van der Waals surface area contributed by atoms with Crippen LogP contribution >= 0.6 is 0 Å². The predicted molar refractivity (Wildman–Crippen MR) is 146 cm³/mol. The van der Waals surface area contributed by atoms with E-state index in [2.05, 4.69) is 63.3 Å². The van der Waals surface area contributed by atoms with Gasteiger partial charge in [-0.05, 0) is 97.3 Å². The lowest BCUT2D eigenvalue weighted by Crippen LogP contribution is -2.59. The van der Waals surface area contributed by atoms with Crippen molar-refractivity contribution in [1.82, 2.24) is 0 Å². The molecule has 37 heavy (non-hydrogen) atoms. The van der Waals surface area contributed by atoms with Crippen LogP contribution in [0.2, 0.25) is 0 Å². The molecule has 4 fully saturated rings. The van der Waals surface area contributed by atoms with E-state index in [1.54, 1.807) is 6.92 Å². The van der Waals surface area contributed by atoms with Gasteiger partial charge in [-0.25, -0.2) is 0 Å². The summed E-state index contributed by atoms with van der Waals surface area (Å²) in [7, 11) is 0. The fraction of sp³-hybridized carbons (Fsp3) is 0.697. The average molecular weight is 507 g/mol. The van der Waals surface area contributed by atoms with Gasteiger partial charge in [0.05, 0.1) is 0 Å². The summed E-state index contributed by atoms with van der Waals surface area (Å²) >= 11 is 0. The zero-order chi connectivity index (χ0) is 26.4. The minimum Gasteiger partial charge on any atom is -0.463 e. The number of carbonyl (C=O) groups excluding carboxylic acids is 2. The SMILES string of the molecule is CC(=O)O[C@@H]1CC[C@]2(C)[C@H]3CC[C@]4(C)[C@@H]([C@H](C)/C=C/c5ccccc5)CC[C@H]4[C@@H]3C[C@H](OC(C)=O)[C@@H]2C1. The van der Waals surface area contributed by atoms with Crippen LogP contribution in [-0.4, -0.2) is 24.1 Å². The Hall–Kier alpha value is -2.10. The standard InChI is InChI=1S/C33H46O4/c1-21(11-12-24-9-7-6-8-10-24)27-13-14-28-26-20-31(37-23(3)35)30-19-25(36-22(2)34)15-17-33(30,5)29(26)16-18-32(27,28)4/h6-12,21,25-31H,13-20H2,1-5H3/b12-11+/t21-,25-,26+,27-,28+,29+,30+,31+,32-,33-/m1/s1. The van der Waals surface area contributed by atoms with Gasteiger partial charge in [-0.3, -0.25) is 9.59 Å². The number of rotatable bonds is 5. The Balaban J connectivity index is 1.38. The lowest BCUT2D eigenvalue weighted by molar-refractivity contribution is -0.196. The van der Waals surface area contributed by atoms with Gasteiger partial charge in [-0.1, -0.05) is 63.3 Å². The van der Waals surface area contributed by atoms with E-state index in [1.807, 2.05) is 0 Å². The summed E-state index contributed by atoms with van der Waals surface area (Å²) in [5.74, 6) is 3.07. The molecule has 0 heterocycles. The molecule has 0 saturated heterocycles. The summed E-state index contributed by atoms with van der Waals surface area (Å²) in [4.78, 5) is 23.9. The summed E-state index contributed by atoms with van der Waals surface area (Å²) in [5.41, 5.74) is 1.75. The number of benzene rings is 1. The van der Waals surface area contributed by atoms with E-state index < -0.39 is 0 Å². The summed E-state index contributed by atoms with van der Waals surface area (Å²) in [6, 6.07) is 10.6. The second-order valence-electron chi connectivity index (χ2n) is 13.2. The number of hydrogen-bond acceptors (Lipinski definition) is 4. The molecule has 4 aliphatic rings. The maximum absolute atomic E-state index is 12.2. The lowest BCUT2D eigenvalue weighted by Gasteiger charge is -2.62. The van der Waals surface area contributed by atoms with Crippen molar-refractivity contribution >= 4 is 18.0 Å². The van der Waals surface area contributed by atoms with Crippen LogP contribution in [0.15, 0.2) is 36.4 Å². The zero-order valence-electron chi connectivity index (χ0n) is 23.5. The van der Waals surface area contributed by atoms with Gasteiger partial charge in [-0.15, -0.1) is 0 Å². The summed E-state index contributed by atoms with van der Waals surface area (Å²) < 4.78 is 11.8. The third-order valence-corrected chi connectivity index (χ3v) is 11.4. The molecule has 1 aromatic rings. The largest absolute Gasteiger partial charge is 0.463 e. The van der Waals surface area contributed by atoms with E-state index in [9.17, 15) is 9.59 Å². The van der Waals surface area contributed by atoms with Gasteiger partial charge in [0.25, 0.3) is 0 Å². The molecule has 4 aliphatic carbocycles. The van der Waals surface area contributed by atoms with Crippen LogP contribution in [0.25, 0.3) is 6.08 Å². The van der Waals surface area contributed by atoms with Gasteiger partial charge in [-0.2, -0.15) is 0 Å². The second-order valence-corrected chi connectivity index (χ2v) is 13.2. The topological polar surface area (TPSA) is 52.6 Å². The minimum absolute atomic E-state index is 0.0489. The maximum atomic E-state index is 12.2. The van der Waals surface area contributed by atoms with Crippen LogP contribution in [0, 0.1) is 46.3 Å². The molecular weight excluding hydrogens is 460 g/mol. The number of esters is 2. The molecule has 0 bridgehead atoms. The molecule has 0 amide bonds. The Morgan fingerprint density at radius 3 is 2.24 bits per heavy atom. The molecule has 0 aromatic heterocycles.